The topological polar surface area (TPSA) is 49.3 Å². The van der Waals surface area contributed by atoms with E-state index in [4.69, 9.17) is 11.6 Å². The van der Waals surface area contributed by atoms with Crippen LogP contribution in [0.4, 0.5) is 5.69 Å². The van der Waals surface area contributed by atoms with Crippen molar-refractivity contribution in [1.82, 2.24) is 0 Å². The van der Waals surface area contributed by atoms with Gasteiger partial charge in [0.1, 0.15) is 5.88 Å². The Morgan fingerprint density at radius 2 is 2.24 bits per heavy atom. The van der Waals surface area contributed by atoms with Crippen LogP contribution in [0.5, 0.6) is 0 Å². The molecule has 1 heterocycles. The van der Waals surface area contributed by atoms with Crippen molar-refractivity contribution in [3.05, 3.63) is 50.6 Å². The first-order valence-electron chi connectivity index (χ1n) is 6.46. The summed E-state index contributed by atoms with van der Waals surface area (Å²) in [6.07, 6.45) is 0.775. The zero-order valence-corrected chi connectivity index (χ0v) is 14.3. The van der Waals surface area contributed by atoms with E-state index in [0.29, 0.717) is 12.8 Å². The molecule has 0 radical (unpaired) electrons. The smallest absolute Gasteiger partial charge is 0.239 e. The van der Waals surface area contributed by atoms with E-state index in [-0.39, 0.29) is 11.8 Å². The molecule has 2 rings (SSSR count). The van der Waals surface area contributed by atoms with Crippen molar-refractivity contribution in [3.8, 4) is 0 Å². The van der Waals surface area contributed by atoms with Crippen molar-refractivity contribution in [1.29, 1.82) is 0 Å². The maximum atomic E-state index is 11.4. The van der Waals surface area contributed by atoms with Gasteiger partial charge in [0.05, 0.1) is 6.10 Å². The van der Waals surface area contributed by atoms with Gasteiger partial charge >= 0.3 is 0 Å². The highest BCUT2D eigenvalue weighted by Gasteiger charge is 2.12. The molecule has 112 valence electrons. The SMILES string of the molecule is O=C(CCl)Nc1ccc(Br)cc1CCC(O)c1cccs1. The number of halogens is 2. The predicted molar refractivity (Wildman–Crippen MR) is 91.1 cm³/mol. The summed E-state index contributed by atoms with van der Waals surface area (Å²) in [5.74, 6) is -0.313. The average Bonchev–Trinajstić information content (AvgIpc) is 3.01. The molecule has 3 nitrogen and oxygen atoms in total. The number of rotatable bonds is 6. The minimum Gasteiger partial charge on any atom is -0.388 e. The van der Waals surface area contributed by atoms with Crippen LogP contribution in [-0.2, 0) is 11.2 Å². The molecule has 0 aliphatic rings. The van der Waals surface area contributed by atoms with Crippen molar-refractivity contribution in [2.45, 2.75) is 18.9 Å². The minimum atomic E-state index is -0.486. The molecule has 1 amide bonds. The number of amides is 1. The molecule has 0 aliphatic carbocycles. The van der Waals surface area contributed by atoms with Crippen molar-refractivity contribution in [2.75, 3.05) is 11.2 Å². The fraction of sp³-hybridized carbons (Fsp3) is 0.267. The van der Waals surface area contributed by atoms with Crippen LogP contribution in [0.25, 0.3) is 0 Å². The van der Waals surface area contributed by atoms with Gasteiger partial charge in [-0.2, -0.15) is 0 Å². The highest BCUT2D eigenvalue weighted by Crippen LogP contribution is 2.27. The molecule has 0 fully saturated rings. The first-order chi connectivity index (χ1) is 10.1. The number of benzene rings is 1. The summed E-state index contributed by atoms with van der Waals surface area (Å²) >= 11 is 10.5. The van der Waals surface area contributed by atoms with Crippen LogP contribution in [0.1, 0.15) is 23.0 Å². The zero-order valence-electron chi connectivity index (χ0n) is 11.2. The van der Waals surface area contributed by atoms with Gasteiger partial charge in [-0.3, -0.25) is 4.79 Å². The molecule has 0 bridgehead atoms. The molecular formula is C15H15BrClNO2S. The van der Waals surface area contributed by atoms with Crippen molar-refractivity contribution in [2.24, 2.45) is 0 Å². The van der Waals surface area contributed by atoms with E-state index >= 15 is 0 Å². The number of aryl methyl sites for hydroxylation is 1. The molecule has 1 aromatic carbocycles. The predicted octanol–water partition coefficient (Wildman–Crippen LogP) is 4.35. The summed E-state index contributed by atoms with van der Waals surface area (Å²) in [5.41, 5.74) is 1.71. The maximum Gasteiger partial charge on any atom is 0.239 e. The second kappa shape index (κ2) is 7.94. The largest absolute Gasteiger partial charge is 0.388 e. The molecule has 0 saturated heterocycles. The summed E-state index contributed by atoms with van der Waals surface area (Å²) in [6.45, 7) is 0. The van der Waals surface area contributed by atoms with E-state index in [1.807, 2.05) is 35.7 Å². The Balaban J connectivity index is 2.07. The minimum absolute atomic E-state index is 0.0761. The van der Waals surface area contributed by atoms with Crippen LogP contribution < -0.4 is 5.32 Å². The Labute approximate surface area is 141 Å². The number of carbonyl (C=O) groups excluding carboxylic acids is 1. The van der Waals surface area contributed by atoms with E-state index in [0.717, 1.165) is 20.6 Å². The molecule has 21 heavy (non-hydrogen) atoms. The quantitative estimate of drug-likeness (QED) is 0.723. The lowest BCUT2D eigenvalue weighted by molar-refractivity contribution is -0.113. The van der Waals surface area contributed by atoms with E-state index in [1.54, 1.807) is 11.3 Å². The third-order valence-corrected chi connectivity index (χ3v) is 4.73. The molecular weight excluding hydrogens is 374 g/mol. The third kappa shape index (κ3) is 4.81. The van der Waals surface area contributed by atoms with E-state index < -0.39 is 6.10 Å². The van der Waals surface area contributed by atoms with Crippen molar-refractivity contribution >= 4 is 50.5 Å². The Bertz CT molecular complexity index is 604. The van der Waals surface area contributed by atoms with Crippen LogP contribution >= 0.6 is 38.9 Å². The number of hydrogen-bond acceptors (Lipinski definition) is 3. The molecule has 6 heteroatoms. The van der Waals surface area contributed by atoms with E-state index in [9.17, 15) is 9.90 Å². The molecule has 0 aliphatic heterocycles. The van der Waals surface area contributed by atoms with Gasteiger partial charge in [0.25, 0.3) is 0 Å². The second-order valence-corrected chi connectivity index (χ2v) is 6.72. The molecule has 2 aromatic rings. The van der Waals surface area contributed by atoms with Crippen LogP contribution in [0, 0.1) is 0 Å². The Morgan fingerprint density at radius 1 is 1.43 bits per heavy atom. The van der Waals surface area contributed by atoms with Crippen molar-refractivity contribution in [3.63, 3.8) is 0 Å². The summed E-state index contributed by atoms with van der Waals surface area (Å²) < 4.78 is 0.937. The number of aliphatic hydroxyl groups excluding tert-OH is 1. The van der Waals surface area contributed by atoms with Gasteiger partial charge in [-0.25, -0.2) is 0 Å². The van der Waals surface area contributed by atoms with Gasteiger partial charge in [-0.15, -0.1) is 22.9 Å². The number of thiophene rings is 1. The van der Waals surface area contributed by atoms with E-state index in [1.165, 1.54) is 0 Å². The molecule has 1 atom stereocenters. The summed E-state index contributed by atoms with van der Waals surface area (Å²) in [7, 11) is 0. The third-order valence-electron chi connectivity index (χ3n) is 3.02. The van der Waals surface area contributed by atoms with Gasteiger partial charge in [0.2, 0.25) is 5.91 Å². The lowest BCUT2D eigenvalue weighted by Crippen LogP contribution is -2.14. The van der Waals surface area contributed by atoms with Gasteiger partial charge < -0.3 is 10.4 Å². The number of nitrogens with one attached hydrogen (secondary N) is 1. The lowest BCUT2D eigenvalue weighted by Gasteiger charge is -2.13. The van der Waals surface area contributed by atoms with E-state index in [2.05, 4.69) is 21.2 Å². The number of anilines is 1. The Hall–Kier alpha value is -0.880. The van der Waals surface area contributed by atoms with Crippen LogP contribution in [0.3, 0.4) is 0 Å². The number of carbonyl (C=O) groups is 1. The van der Waals surface area contributed by atoms with Crippen LogP contribution in [0.15, 0.2) is 40.2 Å². The number of hydrogen-bond donors (Lipinski definition) is 2. The summed E-state index contributed by atoms with van der Waals surface area (Å²) in [6, 6.07) is 9.50. The fourth-order valence-corrected chi connectivity index (χ4v) is 3.21. The average molecular weight is 389 g/mol. The molecule has 0 saturated carbocycles. The Kier molecular flexibility index (Phi) is 6.23. The summed E-state index contributed by atoms with van der Waals surface area (Å²) in [5, 5.41) is 14.9. The van der Waals surface area contributed by atoms with Gasteiger partial charge in [-0.05, 0) is 48.1 Å². The van der Waals surface area contributed by atoms with Gasteiger partial charge in [0, 0.05) is 15.0 Å². The molecule has 1 unspecified atom stereocenters. The van der Waals surface area contributed by atoms with Gasteiger partial charge in [0.15, 0.2) is 0 Å². The summed E-state index contributed by atoms with van der Waals surface area (Å²) in [4.78, 5) is 12.4. The highest BCUT2D eigenvalue weighted by atomic mass is 79.9. The first-order valence-corrected chi connectivity index (χ1v) is 8.66. The van der Waals surface area contributed by atoms with Crippen LogP contribution in [-0.4, -0.2) is 16.9 Å². The van der Waals surface area contributed by atoms with Crippen molar-refractivity contribution < 1.29 is 9.90 Å². The van der Waals surface area contributed by atoms with Gasteiger partial charge in [-0.1, -0.05) is 22.0 Å². The Morgan fingerprint density at radius 3 is 2.90 bits per heavy atom. The normalized spacial score (nSPS) is 12.1. The number of alkyl halides is 1. The number of aliphatic hydroxyl groups is 1. The molecule has 1 aromatic heterocycles. The fourth-order valence-electron chi connectivity index (χ4n) is 1.99. The first kappa shape index (κ1) is 16.5. The maximum absolute atomic E-state index is 11.4. The molecule has 2 N–H and O–H groups in total. The highest BCUT2D eigenvalue weighted by molar-refractivity contribution is 9.10. The standard InChI is InChI=1S/C15H15BrClNO2S/c16-11-4-5-12(18-15(20)9-17)10(8-11)3-6-13(19)14-2-1-7-21-14/h1-2,4-5,7-8,13,19H,3,6,9H2,(H,18,20). The zero-order chi connectivity index (χ0) is 15.2. The molecule has 0 spiro atoms. The van der Waals surface area contributed by atoms with Crippen LogP contribution in [0.2, 0.25) is 0 Å². The lowest BCUT2D eigenvalue weighted by atomic mass is 10.0. The monoisotopic (exact) mass is 387 g/mol. The second-order valence-electron chi connectivity index (χ2n) is 4.55.